The minimum Gasteiger partial charge on any atom is -0.379 e. The molecule has 3 rings (SSSR count). The van der Waals surface area contributed by atoms with Crippen LogP contribution in [0.4, 0.5) is 0 Å². The molecule has 0 spiro atoms. The van der Waals surface area contributed by atoms with Gasteiger partial charge < -0.3 is 15.3 Å². The van der Waals surface area contributed by atoms with Crippen LogP contribution >= 0.6 is 0 Å². The third kappa shape index (κ3) is 5.18. The highest BCUT2D eigenvalue weighted by Gasteiger charge is 2.41. The number of piperidine rings is 1. The molecule has 5 heteroatoms. The first-order chi connectivity index (χ1) is 13.5. The van der Waals surface area contributed by atoms with Crippen molar-refractivity contribution in [1.82, 2.24) is 15.2 Å². The second kappa shape index (κ2) is 9.30. The van der Waals surface area contributed by atoms with Crippen LogP contribution in [0.15, 0.2) is 48.7 Å². The summed E-state index contributed by atoms with van der Waals surface area (Å²) in [5.74, 6) is 0.324. The zero-order chi connectivity index (χ0) is 20.0. The number of amides is 1. The van der Waals surface area contributed by atoms with Gasteiger partial charge in [-0.05, 0) is 42.0 Å². The molecule has 1 aliphatic heterocycles. The Hall–Kier alpha value is -2.24. The number of pyridine rings is 1. The van der Waals surface area contributed by atoms with Crippen LogP contribution in [0, 0.1) is 0 Å². The molecular formula is C23H31N3O2. The highest BCUT2D eigenvalue weighted by Crippen LogP contribution is 2.24. The number of benzene rings is 1. The van der Waals surface area contributed by atoms with Crippen LogP contribution < -0.4 is 5.32 Å². The fraction of sp³-hybridized carbons (Fsp3) is 0.478. The van der Waals surface area contributed by atoms with Crippen LogP contribution in [-0.2, 0) is 17.8 Å². The minimum atomic E-state index is -1.32. The van der Waals surface area contributed by atoms with E-state index in [0.717, 1.165) is 24.1 Å². The fourth-order valence-electron chi connectivity index (χ4n) is 3.67. The largest absolute Gasteiger partial charge is 0.379 e. The Balaban J connectivity index is 1.53. The van der Waals surface area contributed by atoms with Gasteiger partial charge in [0.05, 0.1) is 0 Å². The number of hydrogen-bond acceptors (Lipinski definition) is 4. The Morgan fingerprint density at radius 3 is 2.68 bits per heavy atom. The molecule has 0 unspecified atom stereocenters. The Morgan fingerprint density at radius 2 is 2.00 bits per heavy atom. The van der Waals surface area contributed by atoms with Crippen molar-refractivity contribution in [1.29, 1.82) is 0 Å². The van der Waals surface area contributed by atoms with E-state index in [1.807, 2.05) is 18.2 Å². The van der Waals surface area contributed by atoms with E-state index in [-0.39, 0.29) is 12.5 Å². The van der Waals surface area contributed by atoms with E-state index in [0.29, 0.717) is 32.0 Å². The zero-order valence-corrected chi connectivity index (χ0v) is 16.9. The molecule has 1 aromatic carbocycles. The number of rotatable bonds is 8. The van der Waals surface area contributed by atoms with Gasteiger partial charge in [-0.25, -0.2) is 0 Å². The quantitative estimate of drug-likeness (QED) is 0.690. The monoisotopic (exact) mass is 381 g/mol. The summed E-state index contributed by atoms with van der Waals surface area (Å²) < 4.78 is 0. The number of carbonyl (C=O) groups is 1. The van der Waals surface area contributed by atoms with Crippen molar-refractivity contribution in [2.45, 2.75) is 51.2 Å². The van der Waals surface area contributed by atoms with Crippen molar-refractivity contribution in [3.05, 3.63) is 65.5 Å². The van der Waals surface area contributed by atoms with Crippen LogP contribution in [0.2, 0.25) is 0 Å². The molecule has 0 saturated carbocycles. The fourth-order valence-corrected chi connectivity index (χ4v) is 3.67. The summed E-state index contributed by atoms with van der Waals surface area (Å²) in [6, 6.07) is 14.3. The molecule has 1 aromatic heterocycles. The SMILES string of the molecule is CC(C)c1ccc(CN2CCC[C@@](O)(CNCCc3ccccn3)C2=O)cc1. The van der Waals surface area contributed by atoms with Gasteiger partial charge in [-0.15, -0.1) is 0 Å². The molecule has 1 fully saturated rings. The first-order valence-corrected chi connectivity index (χ1v) is 10.2. The van der Waals surface area contributed by atoms with E-state index in [1.165, 1.54) is 5.56 Å². The topological polar surface area (TPSA) is 65.5 Å². The third-order valence-corrected chi connectivity index (χ3v) is 5.43. The molecule has 2 heterocycles. The predicted molar refractivity (Wildman–Crippen MR) is 111 cm³/mol. The number of likely N-dealkylation sites (tertiary alicyclic amines) is 1. The van der Waals surface area contributed by atoms with E-state index in [2.05, 4.69) is 48.4 Å². The van der Waals surface area contributed by atoms with Gasteiger partial charge in [-0.3, -0.25) is 9.78 Å². The van der Waals surface area contributed by atoms with E-state index >= 15 is 0 Å². The van der Waals surface area contributed by atoms with Crippen molar-refractivity contribution in [3.63, 3.8) is 0 Å². The van der Waals surface area contributed by atoms with Gasteiger partial charge in [0.25, 0.3) is 5.91 Å². The highest BCUT2D eigenvalue weighted by atomic mass is 16.3. The van der Waals surface area contributed by atoms with Gasteiger partial charge in [0, 0.05) is 44.5 Å². The summed E-state index contributed by atoms with van der Waals surface area (Å²) in [4.78, 5) is 19.0. The van der Waals surface area contributed by atoms with E-state index in [9.17, 15) is 9.90 Å². The summed E-state index contributed by atoms with van der Waals surface area (Å²) >= 11 is 0. The molecular weight excluding hydrogens is 350 g/mol. The zero-order valence-electron chi connectivity index (χ0n) is 16.9. The maximum Gasteiger partial charge on any atom is 0.256 e. The molecule has 1 atom stereocenters. The molecule has 2 N–H and O–H groups in total. The van der Waals surface area contributed by atoms with Gasteiger partial charge >= 0.3 is 0 Å². The van der Waals surface area contributed by atoms with Crippen LogP contribution in [-0.4, -0.2) is 46.1 Å². The Labute approximate surface area is 167 Å². The van der Waals surface area contributed by atoms with E-state index < -0.39 is 5.60 Å². The lowest BCUT2D eigenvalue weighted by Gasteiger charge is -2.38. The standard InChI is InChI=1S/C23H31N3O2/c1-18(2)20-9-7-19(8-10-20)16-26-15-5-12-23(28,22(26)27)17-24-14-11-21-6-3-4-13-25-21/h3-4,6-10,13,18,24,28H,5,11-12,14-17H2,1-2H3/t23-/m1/s1. The van der Waals surface area contributed by atoms with Crippen LogP contribution in [0.5, 0.6) is 0 Å². The maximum atomic E-state index is 12.9. The lowest BCUT2D eigenvalue weighted by molar-refractivity contribution is -0.157. The molecule has 0 bridgehead atoms. The van der Waals surface area contributed by atoms with Gasteiger partial charge in [0.15, 0.2) is 5.60 Å². The smallest absolute Gasteiger partial charge is 0.256 e. The molecule has 0 aliphatic carbocycles. The lowest BCUT2D eigenvalue weighted by Crippen LogP contribution is -2.57. The molecule has 28 heavy (non-hydrogen) atoms. The Kier molecular flexibility index (Phi) is 6.81. The highest BCUT2D eigenvalue weighted by molar-refractivity contribution is 5.86. The first-order valence-electron chi connectivity index (χ1n) is 10.2. The van der Waals surface area contributed by atoms with Crippen LogP contribution in [0.3, 0.4) is 0 Å². The Morgan fingerprint density at radius 1 is 1.21 bits per heavy atom. The average molecular weight is 382 g/mol. The van der Waals surface area contributed by atoms with E-state index in [4.69, 9.17) is 0 Å². The second-order valence-electron chi connectivity index (χ2n) is 8.01. The number of carbonyl (C=O) groups excluding carboxylic acids is 1. The van der Waals surface area contributed by atoms with Crippen LogP contribution in [0.1, 0.15) is 49.4 Å². The first kappa shape index (κ1) is 20.5. The summed E-state index contributed by atoms with van der Waals surface area (Å²) in [5, 5.41) is 14.2. The predicted octanol–water partition coefficient (Wildman–Crippen LogP) is 2.89. The maximum absolute atomic E-state index is 12.9. The van der Waals surface area contributed by atoms with Crippen molar-refractivity contribution >= 4 is 5.91 Å². The van der Waals surface area contributed by atoms with Gasteiger partial charge in [-0.1, -0.05) is 44.2 Å². The molecule has 150 valence electrons. The number of nitrogens with zero attached hydrogens (tertiary/aromatic N) is 2. The molecule has 1 aliphatic rings. The normalized spacial score (nSPS) is 20.0. The van der Waals surface area contributed by atoms with E-state index in [1.54, 1.807) is 11.1 Å². The molecule has 2 aromatic rings. The van der Waals surface area contributed by atoms with Gasteiger partial charge in [-0.2, -0.15) is 0 Å². The third-order valence-electron chi connectivity index (χ3n) is 5.43. The number of nitrogens with one attached hydrogen (secondary N) is 1. The van der Waals surface area contributed by atoms with Gasteiger partial charge in [0.1, 0.15) is 0 Å². The molecule has 1 saturated heterocycles. The van der Waals surface area contributed by atoms with Crippen LogP contribution in [0.25, 0.3) is 0 Å². The van der Waals surface area contributed by atoms with Crippen molar-refractivity contribution in [2.75, 3.05) is 19.6 Å². The molecule has 1 amide bonds. The molecule has 5 nitrogen and oxygen atoms in total. The average Bonchev–Trinajstić information content (AvgIpc) is 2.70. The van der Waals surface area contributed by atoms with Gasteiger partial charge in [0.2, 0.25) is 0 Å². The number of aliphatic hydroxyl groups is 1. The van der Waals surface area contributed by atoms with Crippen molar-refractivity contribution in [2.24, 2.45) is 0 Å². The van der Waals surface area contributed by atoms with Crippen molar-refractivity contribution < 1.29 is 9.90 Å². The Bertz CT molecular complexity index is 761. The second-order valence-corrected chi connectivity index (χ2v) is 8.01. The summed E-state index contributed by atoms with van der Waals surface area (Å²) in [6.07, 6.45) is 3.87. The summed E-state index contributed by atoms with van der Waals surface area (Å²) in [6.45, 7) is 6.55. The number of aromatic nitrogens is 1. The summed E-state index contributed by atoms with van der Waals surface area (Å²) in [5.41, 5.74) is 2.08. The summed E-state index contributed by atoms with van der Waals surface area (Å²) in [7, 11) is 0. The van der Waals surface area contributed by atoms with Crippen molar-refractivity contribution in [3.8, 4) is 0 Å². The number of hydrogen-bond donors (Lipinski definition) is 2. The minimum absolute atomic E-state index is 0.169. The molecule has 0 radical (unpaired) electrons. The lowest BCUT2D eigenvalue weighted by atomic mass is 9.91.